The molecule has 0 amide bonds. The maximum absolute atomic E-state index is 13.8. The molecule has 0 bridgehead atoms. The van der Waals surface area contributed by atoms with Crippen molar-refractivity contribution in [2.45, 2.75) is 18.7 Å². The SMILES string of the molecule is Cc1cc(C(=O)COC(=O)c2cc(S(N)(=O)=O)ccc2F)c(C)n1C. The summed E-state index contributed by atoms with van der Waals surface area (Å²) in [4.78, 5) is 23.7. The van der Waals surface area contributed by atoms with E-state index in [2.05, 4.69) is 0 Å². The summed E-state index contributed by atoms with van der Waals surface area (Å²) < 4.78 is 43.0. The van der Waals surface area contributed by atoms with Crippen molar-refractivity contribution in [1.82, 2.24) is 4.57 Å². The highest BCUT2D eigenvalue weighted by atomic mass is 32.2. The van der Waals surface area contributed by atoms with Gasteiger partial charge in [0.2, 0.25) is 15.8 Å². The highest BCUT2D eigenvalue weighted by Crippen LogP contribution is 2.17. The van der Waals surface area contributed by atoms with E-state index in [-0.39, 0.29) is 0 Å². The van der Waals surface area contributed by atoms with Gasteiger partial charge in [0.15, 0.2) is 6.61 Å². The number of ketones is 1. The lowest BCUT2D eigenvalue weighted by atomic mass is 10.1. The summed E-state index contributed by atoms with van der Waals surface area (Å²) in [5, 5.41) is 4.95. The van der Waals surface area contributed by atoms with Gasteiger partial charge in [-0.05, 0) is 38.1 Å². The van der Waals surface area contributed by atoms with Crippen LogP contribution in [0.3, 0.4) is 0 Å². The van der Waals surface area contributed by atoms with Crippen LogP contribution in [-0.4, -0.2) is 31.3 Å². The first-order valence-electron chi connectivity index (χ1n) is 7.18. The number of aryl methyl sites for hydroxylation is 1. The number of Topliss-reactive ketones (excluding diaryl/α,β-unsaturated/α-hetero) is 1. The van der Waals surface area contributed by atoms with Crippen molar-refractivity contribution >= 4 is 21.8 Å². The van der Waals surface area contributed by atoms with Crippen LogP contribution in [0, 0.1) is 19.7 Å². The quantitative estimate of drug-likeness (QED) is 0.635. The lowest BCUT2D eigenvalue weighted by Crippen LogP contribution is -2.17. The molecule has 0 aliphatic carbocycles. The normalized spacial score (nSPS) is 11.4. The van der Waals surface area contributed by atoms with Gasteiger partial charge in [-0.15, -0.1) is 0 Å². The number of sulfonamides is 1. The number of aromatic nitrogens is 1. The molecule has 0 fully saturated rings. The van der Waals surface area contributed by atoms with E-state index in [4.69, 9.17) is 9.88 Å². The van der Waals surface area contributed by atoms with E-state index in [0.717, 1.165) is 23.9 Å². The van der Waals surface area contributed by atoms with Crippen LogP contribution in [0.4, 0.5) is 4.39 Å². The van der Waals surface area contributed by atoms with E-state index >= 15 is 0 Å². The molecule has 0 radical (unpaired) electrons. The van der Waals surface area contributed by atoms with Crippen LogP contribution in [0.5, 0.6) is 0 Å². The van der Waals surface area contributed by atoms with Crippen molar-refractivity contribution in [3.63, 3.8) is 0 Å². The summed E-state index contributed by atoms with van der Waals surface area (Å²) in [6.07, 6.45) is 0. The number of hydrogen-bond acceptors (Lipinski definition) is 5. The summed E-state index contributed by atoms with van der Waals surface area (Å²) in [5.41, 5.74) is 1.35. The van der Waals surface area contributed by atoms with Gasteiger partial charge in [0.25, 0.3) is 0 Å². The summed E-state index contributed by atoms with van der Waals surface area (Å²) in [5.74, 6) is -2.57. The van der Waals surface area contributed by atoms with Crippen LogP contribution in [0.1, 0.15) is 32.1 Å². The number of rotatable bonds is 5. The molecular weight excluding hydrogens is 351 g/mol. The molecule has 25 heavy (non-hydrogen) atoms. The van der Waals surface area contributed by atoms with Crippen molar-refractivity contribution in [1.29, 1.82) is 0 Å². The minimum Gasteiger partial charge on any atom is -0.454 e. The summed E-state index contributed by atoms with van der Waals surface area (Å²) in [7, 11) is -2.31. The second kappa shape index (κ2) is 6.77. The molecule has 134 valence electrons. The van der Waals surface area contributed by atoms with Crippen molar-refractivity contribution in [3.05, 3.63) is 52.6 Å². The average molecular weight is 368 g/mol. The lowest BCUT2D eigenvalue weighted by molar-refractivity contribution is 0.0469. The highest BCUT2D eigenvalue weighted by Gasteiger charge is 2.20. The molecule has 2 N–H and O–H groups in total. The first-order chi connectivity index (χ1) is 11.5. The van der Waals surface area contributed by atoms with Gasteiger partial charge in [0.05, 0.1) is 10.5 Å². The van der Waals surface area contributed by atoms with E-state index in [1.165, 1.54) is 0 Å². The van der Waals surface area contributed by atoms with Gasteiger partial charge in [-0.1, -0.05) is 0 Å². The third-order valence-electron chi connectivity index (χ3n) is 3.90. The average Bonchev–Trinajstić information content (AvgIpc) is 2.79. The molecule has 0 atom stereocenters. The molecule has 9 heteroatoms. The first kappa shape index (κ1) is 18.8. The second-order valence-electron chi connectivity index (χ2n) is 5.53. The van der Waals surface area contributed by atoms with Crippen LogP contribution < -0.4 is 5.14 Å². The molecule has 2 rings (SSSR count). The van der Waals surface area contributed by atoms with E-state index < -0.39 is 44.7 Å². The lowest BCUT2D eigenvalue weighted by Gasteiger charge is -2.07. The zero-order chi connectivity index (χ0) is 18.9. The van der Waals surface area contributed by atoms with Crippen molar-refractivity contribution in [3.8, 4) is 0 Å². The maximum atomic E-state index is 13.8. The molecule has 0 saturated carbocycles. The van der Waals surface area contributed by atoms with Gasteiger partial charge in [0, 0.05) is 24.0 Å². The van der Waals surface area contributed by atoms with Crippen molar-refractivity contribution < 1.29 is 27.1 Å². The number of halogens is 1. The fourth-order valence-electron chi connectivity index (χ4n) is 2.26. The Morgan fingerprint density at radius 2 is 1.84 bits per heavy atom. The number of benzene rings is 1. The predicted octanol–water partition coefficient (Wildman–Crippen LogP) is 1.47. The van der Waals surface area contributed by atoms with Gasteiger partial charge >= 0.3 is 5.97 Å². The van der Waals surface area contributed by atoms with Gasteiger partial charge in [0.1, 0.15) is 5.82 Å². The van der Waals surface area contributed by atoms with E-state index in [9.17, 15) is 22.4 Å². The first-order valence-corrected chi connectivity index (χ1v) is 8.72. The molecule has 0 aliphatic rings. The minimum atomic E-state index is -4.10. The minimum absolute atomic E-state index is 0.395. The molecule has 0 unspecified atom stereocenters. The highest BCUT2D eigenvalue weighted by molar-refractivity contribution is 7.89. The Kier molecular flexibility index (Phi) is 5.09. The smallest absolute Gasteiger partial charge is 0.341 e. The Labute approximate surface area is 144 Å². The molecule has 2 aromatic rings. The monoisotopic (exact) mass is 368 g/mol. The Hall–Kier alpha value is -2.52. The third-order valence-corrected chi connectivity index (χ3v) is 4.81. The van der Waals surface area contributed by atoms with Gasteiger partial charge in [-0.25, -0.2) is 22.7 Å². The Morgan fingerprint density at radius 3 is 2.36 bits per heavy atom. The largest absolute Gasteiger partial charge is 0.454 e. The fraction of sp³-hybridized carbons (Fsp3) is 0.250. The van der Waals surface area contributed by atoms with Gasteiger partial charge < -0.3 is 9.30 Å². The molecule has 0 saturated heterocycles. The number of primary sulfonamides is 1. The van der Waals surface area contributed by atoms with Crippen LogP contribution in [0.15, 0.2) is 29.2 Å². The number of esters is 1. The van der Waals surface area contributed by atoms with Crippen molar-refractivity contribution in [2.24, 2.45) is 12.2 Å². The molecule has 1 aromatic carbocycles. The van der Waals surface area contributed by atoms with E-state index in [1.807, 2.05) is 11.5 Å². The number of carbonyl (C=O) groups excluding carboxylic acids is 2. The molecule has 1 heterocycles. The number of carbonyl (C=O) groups is 2. The van der Waals surface area contributed by atoms with E-state index in [0.29, 0.717) is 11.3 Å². The standard InChI is InChI=1S/C16H17FN2O5S/c1-9-6-12(10(2)19(9)3)15(20)8-24-16(21)13-7-11(25(18,22)23)4-5-14(13)17/h4-7H,8H2,1-3H3,(H2,18,22,23). The zero-order valence-corrected chi connectivity index (χ0v) is 14.7. The second-order valence-corrected chi connectivity index (χ2v) is 7.09. The number of ether oxygens (including phenoxy) is 1. The number of hydrogen-bond donors (Lipinski definition) is 1. The van der Waals surface area contributed by atoms with Crippen LogP contribution in [0.2, 0.25) is 0 Å². The predicted molar refractivity (Wildman–Crippen MR) is 87.3 cm³/mol. The summed E-state index contributed by atoms with van der Waals surface area (Å²) in [6.45, 7) is 2.98. The maximum Gasteiger partial charge on any atom is 0.341 e. The molecule has 1 aromatic heterocycles. The topological polar surface area (TPSA) is 108 Å². The van der Waals surface area contributed by atoms with Crippen LogP contribution >= 0.6 is 0 Å². The zero-order valence-electron chi connectivity index (χ0n) is 13.9. The Morgan fingerprint density at radius 1 is 1.20 bits per heavy atom. The summed E-state index contributed by atoms with van der Waals surface area (Å²) >= 11 is 0. The van der Waals surface area contributed by atoms with Crippen LogP contribution in [-0.2, 0) is 21.8 Å². The van der Waals surface area contributed by atoms with Crippen molar-refractivity contribution in [2.75, 3.05) is 6.61 Å². The third kappa shape index (κ3) is 3.94. The number of nitrogens with two attached hydrogens (primary N) is 1. The van der Waals surface area contributed by atoms with Crippen LogP contribution in [0.25, 0.3) is 0 Å². The molecule has 0 spiro atoms. The molecular formula is C16H17FN2O5S. The molecule has 7 nitrogen and oxygen atoms in total. The van der Waals surface area contributed by atoms with Gasteiger partial charge in [-0.2, -0.15) is 0 Å². The molecule has 0 aliphatic heterocycles. The fourth-order valence-corrected chi connectivity index (χ4v) is 2.80. The Balaban J connectivity index is 2.18. The summed E-state index contributed by atoms with van der Waals surface area (Å²) in [6, 6.07) is 4.16. The van der Waals surface area contributed by atoms with E-state index in [1.54, 1.807) is 20.0 Å². The number of nitrogens with zero attached hydrogens (tertiary/aromatic N) is 1. The Bertz CT molecular complexity index is 963. The van der Waals surface area contributed by atoms with Gasteiger partial charge in [-0.3, -0.25) is 4.79 Å².